The average molecular weight is 158 g/mol. The number of nitrogens with zero attached hydrogens (tertiary/aromatic N) is 1. The van der Waals surface area contributed by atoms with Crippen LogP contribution in [-0.2, 0) is 10.1 Å². The summed E-state index contributed by atoms with van der Waals surface area (Å²) in [5.41, 5.74) is 0. The second-order valence-electron chi connectivity index (χ2n) is 1.62. The van der Waals surface area contributed by atoms with Crippen molar-refractivity contribution in [3.05, 3.63) is 24.4 Å². The van der Waals surface area contributed by atoms with Gasteiger partial charge in [0.25, 0.3) is 0 Å². The average Bonchev–Trinajstić information content (AvgIpc) is 1.88. The summed E-state index contributed by atoms with van der Waals surface area (Å²) >= 11 is 0. The Balaban J connectivity index is 3.22. The molecular formula is C5H4NO3S-. The van der Waals surface area contributed by atoms with Gasteiger partial charge in [-0.2, -0.15) is 0 Å². The lowest BCUT2D eigenvalue weighted by Gasteiger charge is -2.02. The number of hydrogen-bond donors (Lipinski definition) is 0. The Morgan fingerprint density at radius 1 is 1.40 bits per heavy atom. The predicted molar refractivity (Wildman–Crippen MR) is 32.2 cm³/mol. The lowest BCUT2D eigenvalue weighted by atomic mass is 10.5. The molecule has 0 saturated carbocycles. The van der Waals surface area contributed by atoms with Gasteiger partial charge in [0.05, 0.1) is 0 Å². The van der Waals surface area contributed by atoms with Crippen molar-refractivity contribution in [2.75, 3.05) is 0 Å². The molecule has 1 rings (SSSR count). The smallest absolute Gasteiger partial charge is 0.142 e. The molecule has 5 heteroatoms. The van der Waals surface area contributed by atoms with E-state index in [1.807, 2.05) is 0 Å². The van der Waals surface area contributed by atoms with Crippen molar-refractivity contribution >= 4 is 10.1 Å². The second kappa shape index (κ2) is 2.36. The Hall–Kier alpha value is -0.940. The zero-order chi connectivity index (χ0) is 7.61. The van der Waals surface area contributed by atoms with Crippen LogP contribution in [-0.4, -0.2) is 18.0 Å². The molecular weight excluding hydrogens is 154 g/mol. The number of aromatic nitrogens is 1. The maximum Gasteiger partial charge on any atom is 0.142 e. The van der Waals surface area contributed by atoms with Crippen LogP contribution < -0.4 is 0 Å². The molecule has 0 aliphatic rings. The van der Waals surface area contributed by atoms with Crippen LogP contribution in [0.3, 0.4) is 0 Å². The van der Waals surface area contributed by atoms with Gasteiger partial charge in [-0.15, -0.1) is 0 Å². The van der Waals surface area contributed by atoms with Crippen LogP contribution in [0.1, 0.15) is 0 Å². The van der Waals surface area contributed by atoms with Gasteiger partial charge in [0.2, 0.25) is 0 Å². The van der Waals surface area contributed by atoms with E-state index in [0.717, 1.165) is 6.07 Å². The maximum absolute atomic E-state index is 10.2. The van der Waals surface area contributed by atoms with Gasteiger partial charge in [-0.3, -0.25) is 0 Å². The summed E-state index contributed by atoms with van der Waals surface area (Å²) in [7, 11) is -4.36. The van der Waals surface area contributed by atoms with Gasteiger partial charge < -0.3 is 4.55 Å². The van der Waals surface area contributed by atoms with Crippen molar-refractivity contribution in [3.8, 4) is 0 Å². The molecule has 0 saturated heterocycles. The fourth-order valence-electron chi connectivity index (χ4n) is 0.495. The zero-order valence-electron chi connectivity index (χ0n) is 4.89. The predicted octanol–water partition coefficient (Wildman–Crippen LogP) is -0.0143. The molecule has 1 heterocycles. The van der Waals surface area contributed by atoms with Crippen LogP contribution in [0.4, 0.5) is 0 Å². The highest BCUT2D eigenvalue weighted by atomic mass is 32.2. The quantitative estimate of drug-likeness (QED) is 0.539. The summed E-state index contributed by atoms with van der Waals surface area (Å²) in [5, 5.41) is -0.435. The lowest BCUT2D eigenvalue weighted by molar-refractivity contribution is 0.459. The van der Waals surface area contributed by atoms with E-state index in [1.165, 1.54) is 18.3 Å². The third-order valence-corrected chi connectivity index (χ3v) is 1.65. The van der Waals surface area contributed by atoms with E-state index in [-0.39, 0.29) is 0 Å². The zero-order valence-corrected chi connectivity index (χ0v) is 5.71. The van der Waals surface area contributed by atoms with Crippen molar-refractivity contribution in [1.29, 1.82) is 0 Å². The normalized spacial score (nSPS) is 11.3. The van der Waals surface area contributed by atoms with Gasteiger partial charge in [-0.05, 0) is 12.1 Å². The van der Waals surface area contributed by atoms with Gasteiger partial charge in [0.15, 0.2) is 0 Å². The van der Waals surface area contributed by atoms with Crippen LogP contribution in [0.2, 0.25) is 0 Å². The van der Waals surface area contributed by atoms with Crippen LogP contribution in [0, 0.1) is 0 Å². The molecule has 0 aromatic carbocycles. The summed E-state index contributed by atoms with van der Waals surface area (Å²) in [6, 6.07) is 4.13. The molecule has 54 valence electrons. The Kier molecular flexibility index (Phi) is 1.69. The van der Waals surface area contributed by atoms with Crippen LogP contribution in [0.5, 0.6) is 0 Å². The van der Waals surface area contributed by atoms with E-state index in [4.69, 9.17) is 0 Å². The Labute approximate surface area is 58.3 Å². The van der Waals surface area contributed by atoms with E-state index < -0.39 is 15.1 Å². The van der Waals surface area contributed by atoms with Gasteiger partial charge >= 0.3 is 0 Å². The van der Waals surface area contributed by atoms with Gasteiger partial charge in [-0.25, -0.2) is 13.4 Å². The molecule has 1 aromatic rings. The number of pyridine rings is 1. The maximum atomic E-state index is 10.2. The highest BCUT2D eigenvalue weighted by molar-refractivity contribution is 7.85. The minimum Gasteiger partial charge on any atom is -0.743 e. The summed E-state index contributed by atoms with van der Waals surface area (Å²) in [6.45, 7) is 0. The van der Waals surface area contributed by atoms with Crippen molar-refractivity contribution in [2.24, 2.45) is 0 Å². The first-order valence-electron chi connectivity index (χ1n) is 2.47. The molecule has 0 N–H and O–H groups in total. The van der Waals surface area contributed by atoms with Crippen LogP contribution in [0.25, 0.3) is 0 Å². The standard InChI is InChI=1S/C5H5NO3S/c7-10(8,9)5-3-1-2-4-6-5/h1-4H,(H,7,8,9)/p-1. The molecule has 0 aliphatic heterocycles. The minimum atomic E-state index is -4.36. The highest BCUT2D eigenvalue weighted by Crippen LogP contribution is 2.00. The SMILES string of the molecule is O=S(=O)([O-])c1ccccn1. The molecule has 0 unspecified atom stereocenters. The molecule has 4 nitrogen and oxygen atoms in total. The van der Waals surface area contributed by atoms with Crippen molar-refractivity contribution in [2.45, 2.75) is 5.03 Å². The van der Waals surface area contributed by atoms with E-state index in [2.05, 4.69) is 4.98 Å². The van der Waals surface area contributed by atoms with E-state index in [0.29, 0.717) is 0 Å². The summed E-state index contributed by atoms with van der Waals surface area (Å²) < 4.78 is 30.6. The van der Waals surface area contributed by atoms with E-state index in [1.54, 1.807) is 0 Å². The largest absolute Gasteiger partial charge is 0.743 e. The fraction of sp³-hybridized carbons (Fsp3) is 0. The van der Waals surface area contributed by atoms with E-state index in [9.17, 15) is 13.0 Å². The van der Waals surface area contributed by atoms with Gasteiger partial charge in [-0.1, -0.05) is 6.07 Å². The summed E-state index contributed by atoms with van der Waals surface area (Å²) in [5.74, 6) is 0. The third-order valence-electron chi connectivity index (χ3n) is 0.894. The third kappa shape index (κ3) is 1.52. The highest BCUT2D eigenvalue weighted by Gasteiger charge is 1.97. The monoisotopic (exact) mass is 158 g/mol. The van der Waals surface area contributed by atoms with Crippen molar-refractivity contribution in [1.82, 2.24) is 4.98 Å². The molecule has 0 radical (unpaired) electrons. The first-order valence-corrected chi connectivity index (χ1v) is 3.88. The lowest BCUT2D eigenvalue weighted by Crippen LogP contribution is -2.00. The van der Waals surface area contributed by atoms with Crippen LogP contribution >= 0.6 is 0 Å². The number of hydrogen-bond acceptors (Lipinski definition) is 4. The Bertz CT molecular complexity index is 305. The first-order chi connectivity index (χ1) is 4.61. The molecule has 1 aromatic heterocycles. The topological polar surface area (TPSA) is 70.1 Å². The fourth-order valence-corrected chi connectivity index (χ4v) is 0.930. The molecule has 0 spiro atoms. The molecule has 0 aliphatic carbocycles. The van der Waals surface area contributed by atoms with Crippen LogP contribution in [0.15, 0.2) is 29.4 Å². The molecule has 0 fully saturated rings. The van der Waals surface area contributed by atoms with Crippen molar-refractivity contribution < 1.29 is 13.0 Å². The Morgan fingerprint density at radius 2 is 2.10 bits per heavy atom. The summed E-state index contributed by atoms with van der Waals surface area (Å²) in [6.07, 6.45) is 1.25. The Morgan fingerprint density at radius 3 is 2.40 bits per heavy atom. The molecule has 0 amide bonds. The van der Waals surface area contributed by atoms with E-state index >= 15 is 0 Å². The molecule has 0 atom stereocenters. The molecule has 0 bridgehead atoms. The minimum absolute atomic E-state index is 0.435. The number of rotatable bonds is 1. The first kappa shape index (κ1) is 7.17. The molecule has 10 heavy (non-hydrogen) atoms. The van der Waals surface area contributed by atoms with Gasteiger partial charge in [0.1, 0.15) is 15.1 Å². The van der Waals surface area contributed by atoms with Gasteiger partial charge in [0, 0.05) is 6.20 Å². The second-order valence-corrected chi connectivity index (χ2v) is 2.95. The van der Waals surface area contributed by atoms with Crippen molar-refractivity contribution in [3.63, 3.8) is 0 Å². The summed E-state index contributed by atoms with van der Waals surface area (Å²) in [4.78, 5) is 3.35.